The summed E-state index contributed by atoms with van der Waals surface area (Å²) in [5, 5.41) is 36.3. The van der Waals surface area contributed by atoms with Gasteiger partial charge in [-0.05, 0) is 47.8 Å². The Labute approximate surface area is 445 Å². The molecule has 6 heterocycles. The Kier molecular flexibility index (Phi) is 18.9. The van der Waals surface area contributed by atoms with Gasteiger partial charge in [0.2, 0.25) is 0 Å². The second kappa shape index (κ2) is 23.0. The monoisotopic (exact) mass is 1340 g/mol. The summed E-state index contributed by atoms with van der Waals surface area (Å²) >= 11 is 9.24. The van der Waals surface area contributed by atoms with Crippen LogP contribution in [0, 0.1) is 34.0 Å². The maximum Gasteiger partial charge on any atom is 0.419 e. The molecule has 9 nitrogen and oxygen atoms in total. The quantitative estimate of drug-likeness (QED) is 0.185. The summed E-state index contributed by atoms with van der Waals surface area (Å²) in [5.74, 6) is 0.658. The van der Waals surface area contributed by atoms with Gasteiger partial charge in [-0.3, -0.25) is 16.0 Å². The first-order chi connectivity index (χ1) is 31.3. The van der Waals surface area contributed by atoms with E-state index in [0.29, 0.717) is 73.0 Å². The van der Waals surface area contributed by atoms with E-state index in [4.69, 9.17) is 0 Å². The maximum atomic E-state index is 13.4. The molecule has 0 amide bonds. The predicted octanol–water partition coefficient (Wildman–Crippen LogP) is 2.17. The number of hydrogen-bond donors (Lipinski definition) is 3. The summed E-state index contributed by atoms with van der Waals surface area (Å²) in [6.07, 6.45) is -13.9. The molecule has 3 N–H and O–H groups in total. The number of hydrogen-bond acceptors (Lipinski definition) is 6. The summed E-state index contributed by atoms with van der Waals surface area (Å²) in [7, 11) is 0. The highest BCUT2D eigenvalue weighted by molar-refractivity contribution is 9.11. The van der Waals surface area contributed by atoms with Gasteiger partial charge in [0.05, 0.1) is 13.4 Å². The van der Waals surface area contributed by atoms with Gasteiger partial charge in [0, 0.05) is 16.7 Å². The predicted molar refractivity (Wildman–Crippen MR) is 234 cm³/mol. The normalized spacial score (nSPS) is 12.8. The maximum absolute atomic E-state index is 13.4. The van der Waals surface area contributed by atoms with Crippen molar-refractivity contribution in [1.82, 2.24) is 0 Å². The van der Waals surface area contributed by atoms with Gasteiger partial charge in [-0.15, -0.1) is 0 Å². The van der Waals surface area contributed by atoms with Crippen LogP contribution in [-0.2, 0) is 38.2 Å². The lowest BCUT2D eigenvalue weighted by Gasteiger charge is -2.16. The molecule has 0 radical (unpaired) electrons. The van der Waals surface area contributed by atoms with Crippen LogP contribution in [0.5, 0.6) is 0 Å². The summed E-state index contributed by atoms with van der Waals surface area (Å²) in [4.78, 5) is 0. The molecule has 0 fully saturated rings. The number of pyridine rings is 3. The molecular formula is C45H30Br6F9N9. The smallest absolute Gasteiger partial charge is 0.419 e. The minimum atomic E-state index is -4.62. The van der Waals surface area contributed by atoms with Gasteiger partial charge in [-0.1, -0.05) is 91.0 Å². The highest BCUT2D eigenvalue weighted by Gasteiger charge is 2.46. The Hall–Kier alpha value is -4.77. The number of nitrogens with one attached hydrogen (secondary N) is 3. The molecule has 6 aromatic rings. The highest BCUT2D eigenvalue weighted by Crippen LogP contribution is 2.46. The van der Waals surface area contributed by atoms with E-state index >= 15 is 0 Å². The van der Waals surface area contributed by atoms with E-state index in [2.05, 4.69) is 63.7 Å². The van der Waals surface area contributed by atoms with Crippen LogP contribution < -0.4 is 80.6 Å². The lowest BCUT2D eigenvalue weighted by atomic mass is 10.0. The SMILES string of the molecule is N#Cc1c(C(F)(F)F)c(Br)c(-c2ccccc2)[n+]2c1NCC2.N#Cc1c(C(F)(F)F)c(Br)c(-c2ccccc2)[n+]2c1NCC2.N#Cc1c(C(F)(F)F)c(Br)c(-c2ccccc2)[n+]2c1NCC2.[Br-].[Br-].[Br-]. The number of halogens is 15. The number of alkyl halides is 9. The molecule has 0 unspecified atom stereocenters. The minimum absolute atomic E-state index is 0. The van der Waals surface area contributed by atoms with Crippen molar-refractivity contribution in [3.05, 3.63) is 138 Å². The molecule has 3 aliphatic rings. The molecule has 0 spiro atoms. The van der Waals surface area contributed by atoms with Crippen LogP contribution in [0.2, 0.25) is 0 Å². The first kappa shape index (κ1) is 56.8. The Morgan fingerprint density at radius 1 is 0.406 bits per heavy atom. The largest absolute Gasteiger partial charge is 1.00 e. The Morgan fingerprint density at radius 2 is 0.623 bits per heavy atom. The summed E-state index contributed by atoms with van der Waals surface area (Å²) < 4.78 is 126. The minimum Gasteiger partial charge on any atom is -1.00 e. The van der Waals surface area contributed by atoms with Crippen LogP contribution in [0.1, 0.15) is 33.4 Å². The number of nitrogens with zero attached hydrogens (tertiary/aromatic N) is 6. The fourth-order valence-electron chi connectivity index (χ4n) is 7.98. The molecular weight excluding hydrogens is 1320 g/mol. The summed E-state index contributed by atoms with van der Waals surface area (Å²) in [5.41, 5.74) is -0.688. The van der Waals surface area contributed by atoms with Crippen molar-refractivity contribution in [3.8, 4) is 52.0 Å². The van der Waals surface area contributed by atoms with E-state index in [9.17, 15) is 55.3 Å². The number of benzene rings is 3. The second-order valence-corrected chi connectivity index (χ2v) is 16.8. The number of rotatable bonds is 3. The van der Waals surface area contributed by atoms with Crippen LogP contribution in [0.4, 0.5) is 57.0 Å². The third kappa shape index (κ3) is 11.2. The molecule has 0 atom stereocenters. The topological polar surface area (TPSA) is 119 Å². The van der Waals surface area contributed by atoms with E-state index in [1.54, 1.807) is 123 Å². The van der Waals surface area contributed by atoms with Gasteiger partial charge in [0.1, 0.15) is 91.2 Å². The summed E-state index contributed by atoms with van der Waals surface area (Å²) in [6.45, 7) is 2.98. The highest BCUT2D eigenvalue weighted by atomic mass is 79.9. The Morgan fingerprint density at radius 3 is 0.812 bits per heavy atom. The zero-order valence-electron chi connectivity index (χ0n) is 34.8. The Balaban J connectivity index is 0.000000221. The van der Waals surface area contributed by atoms with E-state index in [0.717, 1.165) is 0 Å². The van der Waals surface area contributed by atoms with Gasteiger partial charge in [0.15, 0.2) is 16.7 Å². The van der Waals surface area contributed by atoms with E-state index in [1.165, 1.54) is 0 Å². The van der Waals surface area contributed by atoms with E-state index in [1.807, 2.05) is 0 Å². The van der Waals surface area contributed by atoms with Crippen LogP contribution in [0.3, 0.4) is 0 Å². The molecule has 0 saturated heterocycles. The molecule has 3 aromatic carbocycles. The molecule has 24 heteroatoms. The molecule has 9 rings (SSSR count). The van der Waals surface area contributed by atoms with Gasteiger partial charge < -0.3 is 50.9 Å². The van der Waals surface area contributed by atoms with Crippen LogP contribution in [-0.4, -0.2) is 19.6 Å². The van der Waals surface area contributed by atoms with Crippen molar-refractivity contribution in [2.75, 3.05) is 35.6 Å². The van der Waals surface area contributed by atoms with Crippen LogP contribution in [0.15, 0.2) is 104 Å². The van der Waals surface area contributed by atoms with Gasteiger partial charge in [0.25, 0.3) is 17.5 Å². The van der Waals surface area contributed by atoms with Gasteiger partial charge >= 0.3 is 18.5 Å². The number of fused-ring (bicyclic) bond motifs is 3. The zero-order valence-corrected chi connectivity index (χ0v) is 44.3. The number of anilines is 3. The summed E-state index contributed by atoms with van der Waals surface area (Å²) in [6, 6.07) is 31.6. The van der Waals surface area contributed by atoms with Gasteiger partial charge in [-0.25, -0.2) is 13.7 Å². The molecule has 3 aromatic heterocycles. The van der Waals surface area contributed by atoms with Gasteiger partial charge in [-0.2, -0.15) is 55.3 Å². The molecule has 3 aliphatic heterocycles. The standard InChI is InChI=1S/3C15H9BrF3N3.3BrH/c3*16-12-11(15(17,18)19)10(8-20)14-21-6-7-22(14)13(12)9-4-2-1-3-5-9;;;/h3*1-5H,6-7H2;3*1H. The van der Waals surface area contributed by atoms with Crippen molar-refractivity contribution in [2.24, 2.45) is 0 Å². The fraction of sp³-hybridized carbons (Fsp3) is 0.200. The molecule has 0 bridgehead atoms. The molecule has 69 heavy (non-hydrogen) atoms. The van der Waals surface area contributed by atoms with E-state index in [-0.39, 0.29) is 98.5 Å². The number of aromatic nitrogens is 3. The Bertz CT molecular complexity index is 2670. The second-order valence-electron chi connectivity index (χ2n) is 14.4. The van der Waals surface area contributed by atoms with Crippen molar-refractivity contribution in [2.45, 2.75) is 38.2 Å². The third-order valence-electron chi connectivity index (χ3n) is 10.6. The third-order valence-corrected chi connectivity index (χ3v) is 12.9. The first-order valence-electron chi connectivity index (χ1n) is 19.5. The average molecular weight is 1350 g/mol. The average Bonchev–Trinajstić information content (AvgIpc) is 4.08. The van der Waals surface area contributed by atoms with Crippen molar-refractivity contribution in [1.29, 1.82) is 15.8 Å². The lowest BCUT2D eigenvalue weighted by Crippen LogP contribution is -3.00. The van der Waals surface area contributed by atoms with Crippen LogP contribution in [0.25, 0.3) is 33.8 Å². The lowest BCUT2D eigenvalue weighted by molar-refractivity contribution is -0.660. The van der Waals surface area contributed by atoms with Crippen LogP contribution >= 0.6 is 47.8 Å². The van der Waals surface area contributed by atoms with Crippen molar-refractivity contribution >= 4 is 65.2 Å². The van der Waals surface area contributed by atoms with Crippen molar-refractivity contribution in [3.63, 3.8) is 0 Å². The van der Waals surface area contributed by atoms with Crippen molar-refractivity contribution < 1.29 is 104 Å². The molecule has 0 saturated carbocycles. The fourth-order valence-corrected chi connectivity index (χ4v) is 10.6. The number of nitriles is 3. The molecule has 0 aliphatic carbocycles. The van der Waals surface area contributed by atoms with E-state index < -0.39 is 35.2 Å². The zero-order chi connectivity index (χ0) is 47.7. The molecule has 360 valence electrons. The first-order valence-corrected chi connectivity index (χ1v) is 21.9.